The first kappa shape index (κ1) is 11.6. The summed E-state index contributed by atoms with van der Waals surface area (Å²) in [5, 5.41) is 9.69. The fourth-order valence-electron chi connectivity index (χ4n) is 1.82. The number of phenolic OH excluding ortho intramolecular Hbond substituents is 1. The van der Waals surface area contributed by atoms with Gasteiger partial charge in [0.05, 0.1) is 6.04 Å². The van der Waals surface area contributed by atoms with Gasteiger partial charge in [0.25, 0.3) is 0 Å². The van der Waals surface area contributed by atoms with Gasteiger partial charge in [-0.15, -0.1) is 0 Å². The number of rotatable bonds is 2. The minimum Gasteiger partial charge on any atom is -0.508 e. The molecule has 0 amide bonds. The van der Waals surface area contributed by atoms with Gasteiger partial charge >= 0.3 is 0 Å². The van der Waals surface area contributed by atoms with Crippen molar-refractivity contribution in [3.63, 3.8) is 0 Å². The Hall–Kier alpha value is -1.87. The lowest BCUT2D eigenvalue weighted by atomic mass is 9.97. The second-order valence-corrected chi connectivity index (χ2v) is 4.09. The summed E-state index contributed by atoms with van der Waals surface area (Å²) in [4.78, 5) is 0. The zero-order valence-electron chi connectivity index (χ0n) is 9.52. The van der Waals surface area contributed by atoms with Crippen LogP contribution >= 0.6 is 0 Å². The van der Waals surface area contributed by atoms with Crippen molar-refractivity contribution in [2.75, 3.05) is 0 Å². The van der Waals surface area contributed by atoms with E-state index in [9.17, 15) is 9.50 Å². The zero-order chi connectivity index (χ0) is 12.4. The molecule has 0 aliphatic rings. The van der Waals surface area contributed by atoms with Crippen LogP contribution in [0.25, 0.3) is 0 Å². The van der Waals surface area contributed by atoms with Crippen LogP contribution in [0, 0.1) is 12.7 Å². The Bertz CT molecular complexity index is 539. The van der Waals surface area contributed by atoms with Gasteiger partial charge in [-0.2, -0.15) is 0 Å². The summed E-state index contributed by atoms with van der Waals surface area (Å²) >= 11 is 0. The van der Waals surface area contributed by atoms with Crippen LogP contribution in [-0.2, 0) is 0 Å². The summed E-state index contributed by atoms with van der Waals surface area (Å²) in [6.07, 6.45) is 0. The van der Waals surface area contributed by atoms with Gasteiger partial charge in [0, 0.05) is 5.56 Å². The molecule has 2 nitrogen and oxygen atoms in total. The van der Waals surface area contributed by atoms with Crippen LogP contribution in [0.3, 0.4) is 0 Å². The monoisotopic (exact) mass is 231 g/mol. The third-order valence-electron chi connectivity index (χ3n) is 2.73. The normalized spacial score (nSPS) is 12.4. The van der Waals surface area contributed by atoms with Gasteiger partial charge in [0.15, 0.2) is 0 Å². The van der Waals surface area contributed by atoms with Crippen molar-refractivity contribution in [3.05, 3.63) is 65.0 Å². The van der Waals surface area contributed by atoms with E-state index in [0.717, 1.165) is 11.1 Å². The van der Waals surface area contributed by atoms with E-state index in [0.29, 0.717) is 5.56 Å². The molecule has 3 N–H and O–H groups in total. The van der Waals surface area contributed by atoms with Crippen molar-refractivity contribution in [1.29, 1.82) is 0 Å². The van der Waals surface area contributed by atoms with Crippen molar-refractivity contribution < 1.29 is 9.50 Å². The van der Waals surface area contributed by atoms with Crippen LogP contribution in [0.2, 0.25) is 0 Å². The van der Waals surface area contributed by atoms with E-state index in [4.69, 9.17) is 5.73 Å². The number of halogens is 1. The molecule has 0 aliphatic carbocycles. The van der Waals surface area contributed by atoms with Crippen molar-refractivity contribution in [1.82, 2.24) is 0 Å². The number of phenols is 1. The van der Waals surface area contributed by atoms with Gasteiger partial charge in [-0.25, -0.2) is 4.39 Å². The summed E-state index contributed by atoms with van der Waals surface area (Å²) in [6.45, 7) is 1.96. The second kappa shape index (κ2) is 4.55. The molecule has 0 bridgehead atoms. The van der Waals surface area contributed by atoms with Gasteiger partial charge in [0.2, 0.25) is 0 Å². The van der Waals surface area contributed by atoms with Crippen LogP contribution in [0.5, 0.6) is 5.75 Å². The highest BCUT2D eigenvalue weighted by Crippen LogP contribution is 2.28. The lowest BCUT2D eigenvalue weighted by molar-refractivity contribution is 0.462. The minimum absolute atomic E-state index is 0.0143. The molecule has 3 heteroatoms. The number of hydrogen-bond donors (Lipinski definition) is 2. The van der Waals surface area contributed by atoms with Gasteiger partial charge < -0.3 is 10.8 Å². The van der Waals surface area contributed by atoms with Crippen LogP contribution in [0.1, 0.15) is 22.7 Å². The molecule has 17 heavy (non-hydrogen) atoms. The molecule has 2 aromatic carbocycles. The van der Waals surface area contributed by atoms with Gasteiger partial charge in [0.1, 0.15) is 11.6 Å². The lowest BCUT2D eigenvalue weighted by Gasteiger charge is -2.14. The van der Waals surface area contributed by atoms with E-state index in [1.807, 2.05) is 31.2 Å². The number of aromatic hydroxyl groups is 1. The molecule has 0 radical (unpaired) electrons. The van der Waals surface area contributed by atoms with Crippen LogP contribution in [0.15, 0.2) is 42.5 Å². The summed E-state index contributed by atoms with van der Waals surface area (Å²) < 4.78 is 13.1. The van der Waals surface area contributed by atoms with E-state index < -0.39 is 11.9 Å². The van der Waals surface area contributed by atoms with Crippen LogP contribution < -0.4 is 5.73 Å². The van der Waals surface area contributed by atoms with E-state index in [2.05, 4.69) is 0 Å². The third kappa shape index (κ3) is 2.45. The molecule has 1 atom stereocenters. The molecule has 88 valence electrons. The average Bonchev–Trinajstić information content (AvgIpc) is 2.31. The number of hydrogen-bond acceptors (Lipinski definition) is 2. The van der Waals surface area contributed by atoms with Crippen LogP contribution in [0.4, 0.5) is 4.39 Å². The molecule has 0 saturated heterocycles. The molecule has 0 spiro atoms. The molecule has 0 heterocycles. The van der Waals surface area contributed by atoms with Crippen molar-refractivity contribution >= 4 is 0 Å². The first-order valence-electron chi connectivity index (χ1n) is 5.38. The average molecular weight is 231 g/mol. The summed E-state index contributed by atoms with van der Waals surface area (Å²) in [5.74, 6) is -0.388. The highest BCUT2D eigenvalue weighted by molar-refractivity contribution is 5.41. The highest BCUT2D eigenvalue weighted by atomic mass is 19.1. The number of aryl methyl sites for hydroxylation is 1. The molecular formula is C14H14FNO. The zero-order valence-corrected chi connectivity index (χ0v) is 9.52. The predicted octanol–water partition coefficient (Wildman–Crippen LogP) is 2.89. The quantitative estimate of drug-likeness (QED) is 0.834. The minimum atomic E-state index is -0.523. The lowest BCUT2D eigenvalue weighted by Crippen LogP contribution is -2.12. The molecule has 0 fully saturated rings. The molecule has 0 saturated carbocycles. The van der Waals surface area contributed by atoms with Gasteiger partial charge in [-0.05, 0) is 30.7 Å². The molecule has 0 aliphatic heterocycles. The second-order valence-electron chi connectivity index (χ2n) is 4.09. The molecule has 2 aromatic rings. The van der Waals surface area contributed by atoms with E-state index in [1.165, 1.54) is 18.2 Å². The van der Waals surface area contributed by atoms with E-state index >= 15 is 0 Å². The van der Waals surface area contributed by atoms with Crippen molar-refractivity contribution in [2.24, 2.45) is 5.73 Å². The molecule has 0 aromatic heterocycles. The van der Waals surface area contributed by atoms with Crippen LogP contribution in [-0.4, -0.2) is 5.11 Å². The number of nitrogens with two attached hydrogens (primary N) is 1. The standard InChI is InChI=1S/C14H14FNO/c1-9-3-2-4-10(7-9)14(16)12-8-11(15)5-6-13(12)17/h2-8,14,17H,16H2,1H3. The van der Waals surface area contributed by atoms with E-state index in [1.54, 1.807) is 0 Å². The van der Waals surface area contributed by atoms with Gasteiger partial charge in [-0.1, -0.05) is 29.8 Å². The fourth-order valence-corrected chi connectivity index (χ4v) is 1.82. The third-order valence-corrected chi connectivity index (χ3v) is 2.73. The SMILES string of the molecule is Cc1cccc(C(N)c2cc(F)ccc2O)c1. The first-order valence-corrected chi connectivity index (χ1v) is 5.38. The molecule has 1 unspecified atom stereocenters. The first-order chi connectivity index (χ1) is 8.08. The summed E-state index contributed by atoms with van der Waals surface area (Å²) in [5.41, 5.74) is 8.36. The van der Waals surface area contributed by atoms with E-state index in [-0.39, 0.29) is 5.75 Å². The predicted molar refractivity (Wildman–Crippen MR) is 65.3 cm³/mol. The maximum absolute atomic E-state index is 13.1. The summed E-state index contributed by atoms with van der Waals surface area (Å²) in [7, 11) is 0. The summed E-state index contributed by atoms with van der Waals surface area (Å²) in [6, 6.07) is 10.9. The Labute approximate surface area is 99.5 Å². The topological polar surface area (TPSA) is 46.2 Å². The fraction of sp³-hybridized carbons (Fsp3) is 0.143. The Morgan fingerprint density at radius 3 is 2.65 bits per heavy atom. The van der Waals surface area contributed by atoms with Gasteiger partial charge in [-0.3, -0.25) is 0 Å². The highest BCUT2D eigenvalue weighted by Gasteiger charge is 2.14. The Balaban J connectivity index is 2.43. The van der Waals surface area contributed by atoms with Crippen molar-refractivity contribution in [3.8, 4) is 5.75 Å². The number of benzene rings is 2. The maximum atomic E-state index is 13.1. The largest absolute Gasteiger partial charge is 0.508 e. The Morgan fingerprint density at radius 1 is 1.18 bits per heavy atom. The Kier molecular flexibility index (Phi) is 3.11. The molecule has 2 rings (SSSR count). The maximum Gasteiger partial charge on any atom is 0.123 e. The van der Waals surface area contributed by atoms with Crippen molar-refractivity contribution in [2.45, 2.75) is 13.0 Å². The Morgan fingerprint density at radius 2 is 1.94 bits per heavy atom. The smallest absolute Gasteiger partial charge is 0.123 e. The molecular weight excluding hydrogens is 217 g/mol.